The molecule has 0 saturated carbocycles. The first-order valence-electron chi connectivity index (χ1n) is 8.48. The Bertz CT molecular complexity index is 1490. The van der Waals surface area contributed by atoms with Crippen LogP contribution in [0.3, 0.4) is 0 Å². The predicted octanol–water partition coefficient (Wildman–Crippen LogP) is 4.30. The van der Waals surface area contributed by atoms with Gasteiger partial charge in [0.05, 0.1) is 22.7 Å². The van der Waals surface area contributed by atoms with Crippen LogP contribution in [0.25, 0.3) is 43.8 Å². The highest BCUT2D eigenvalue weighted by atomic mass is 35.5. The lowest BCUT2D eigenvalue weighted by atomic mass is 9.94. The summed E-state index contributed by atoms with van der Waals surface area (Å²) in [4.78, 5) is 19.9. The van der Waals surface area contributed by atoms with Gasteiger partial charge in [0, 0.05) is 27.9 Å². The zero-order valence-electron chi connectivity index (χ0n) is 14.6. The van der Waals surface area contributed by atoms with Crippen molar-refractivity contribution in [2.45, 2.75) is 6.92 Å². The molecule has 0 aliphatic carbocycles. The molecule has 0 aliphatic heterocycles. The van der Waals surface area contributed by atoms with Crippen LogP contribution >= 0.6 is 11.6 Å². The van der Waals surface area contributed by atoms with Gasteiger partial charge in [0.1, 0.15) is 16.5 Å². The lowest BCUT2D eigenvalue weighted by Crippen LogP contribution is -2.14. The Labute approximate surface area is 162 Å². The Balaban J connectivity index is 2.04. The molecule has 6 nitrogen and oxygen atoms in total. The number of nitrogen functional groups attached to an aromatic ring is 1. The summed E-state index contributed by atoms with van der Waals surface area (Å²) in [5, 5.41) is 8.68. The van der Waals surface area contributed by atoms with Crippen molar-refractivity contribution in [3.8, 4) is 11.1 Å². The van der Waals surface area contributed by atoms with Crippen LogP contribution in [0.5, 0.6) is 0 Å². The number of aryl methyl sites for hydroxylation is 1. The van der Waals surface area contributed by atoms with E-state index in [0.717, 1.165) is 16.5 Å². The van der Waals surface area contributed by atoms with E-state index in [4.69, 9.17) is 17.3 Å². The van der Waals surface area contributed by atoms with Crippen molar-refractivity contribution in [3.63, 3.8) is 0 Å². The van der Waals surface area contributed by atoms with Crippen molar-refractivity contribution in [2.75, 3.05) is 5.73 Å². The van der Waals surface area contributed by atoms with E-state index in [1.54, 1.807) is 12.3 Å². The number of fused-ring (bicyclic) bond motifs is 4. The van der Waals surface area contributed by atoms with E-state index in [1.807, 2.05) is 19.1 Å². The van der Waals surface area contributed by atoms with E-state index in [9.17, 15) is 9.18 Å². The summed E-state index contributed by atoms with van der Waals surface area (Å²) >= 11 is 6.07. The number of anilines is 1. The summed E-state index contributed by atoms with van der Waals surface area (Å²) < 4.78 is 14.5. The summed E-state index contributed by atoms with van der Waals surface area (Å²) in [6.45, 7) is 1.93. The number of benzene rings is 2. The third kappa shape index (κ3) is 2.16. The second-order valence-corrected chi connectivity index (χ2v) is 7.01. The maximum atomic E-state index is 14.5. The topological polar surface area (TPSA) is 100 Å². The molecule has 28 heavy (non-hydrogen) atoms. The van der Waals surface area contributed by atoms with Crippen LogP contribution in [-0.4, -0.2) is 20.2 Å². The highest BCUT2D eigenvalue weighted by molar-refractivity contribution is 6.36. The van der Waals surface area contributed by atoms with Crippen LogP contribution in [0, 0.1) is 12.7 Å². The van der Waals surface area contributed by atoms with Gasteiger partial charge in [0.2, 0.25) is 0 Å². The molecule has 0 fully saturated rings. The van der Waals surface area contributed by atoms with Crippen LogP contribution in [0.1, 0.15) is 5.56 Å². The SMILES string of the molecule is Cc1cc2c(-c3cc(F)c(Cl)c4[nH]ncc34)c(N)c(=O)[nH]c2c2cccnc12. The molecule has 0 radical (unpaired) electrons. The predicted molar refractivity (Wildman–Crippen MR) is 109 cm³/mol. The summed E-state index contributed by atoms with van der Waals surface area (Å²) in [5.74, 6) is -0.625. The Morgan fingerprint density at radius 1 is 1.18 bits per heavy atom. The maximum absolute atomic E-state index is 14.5. The molecule has 0 bridgehead atoms. The lowest BCUT2D eigenvalue weighted by molar-refractivity contribution is 0.630. The van der Waals surface area contributed by atoms with Gasteiger partial charge >= 0.3 is 0 Å². The van der Waals surface area contributed by atoms with Gasteiger partial charge in [0.15, 0.2) is 0 Å². The van der Waals surface area contributed by atoms with Gasteiger partial charge in [-0.3, -0.25) is 14.9 Å². The molecule has 3 heterocycles. The molecular formula is C20H13ClFN5O. The molecule has 4 N–H and O–H groups in total. The van der Waals surface area contributed by atoms with E-state index in [2.05, 4.69) is 20.2 Å². The van der Waals surface area contributed by atoms with Gasteiger partial charge in [-0.1, -0.05) is 11.6 Å². The molecule has 0 aliphatic rings. The number of nitrogens with zero attached hydrogens (tertiary/aromatic N) is 2. The fourth-order valence-electron chi connectivity index (χ4n) is 3.74. The molecule has 0 saturated heterocycles. The molecule has 8 heteroatoms. The van der Waals surface area contributed by atoms with Gasteiger partial charge in [-0.15, -0.1) is 0 Å². The average molecular weight is 394 g/mol. The Morgan fingerprint density at radius 2 is 2.00 bits per heavy atom. The summed E-state index contributed by atoms with van der Waals surface area (Å²) in [6, 6.07) is 6.85. The number of aromatic amines is 2. The zero-order chi connectivity index (χ0) is 19.6. The Kier molecular flexibility index (Phi) is 3.44. The van der Waals surface area contributed by atoms with Crippen molar-refractivity contribution in [2.24, 2.45) is 0 Å². The second-order valence-electron chi connectivity index (χ2n) is 6.64. The van der Waals surface area contributed by atoms with Crippen molar-refractivity contribution in [1.82, 2.24) is 20.2 Å². The number of pyridine rings is 2. The molecule has 0 atom stereocenters. The normalized spacial score (nSPS) is 11.7. The first-order chi connectivity index (χ1) is 13.5. The van der Waals surface area contributed by atoms with Crippen LogP contribution in [0.15, 0.2) is 41.5 Å². The van der Waals surface area contributed by atoms with Crippen molar-refractivity contribution >= 4 is 50.0 Å². The zero-order valence-corrected chi connectivity index (χ0v) is 15.4. The number of halogens is 2. The Morgan fingerprint density at radius 3 is 2.82 bits per heavy atom. The van der Waals surface area contributed by atoms with Gasteiger partial charge in [-0.05, 0) is 42.3 Å². The minimum Gasteiger partial charge on any atom is -0.394 e. The van der Waals surface area contributed by atoms with Gasteiger partial charge in [-0.2, -0.15) is 5.10 Å². The number of hydrogen-bond acceptors (Lipinski definition) is 4. The van der Waals surface area contributed by atoms with Crippen molar-refractivity contribution in [3.05, 3.63) is 63.4 Å². The number of nitrogens with one attached hydrogen (secondary N) is 2. The first-order valence-corrected chi connectivity index (χ1v) is 8.86. The highest BCUT2D eigenvalue weighted by Gasteiger charge is 2.20. The van der Waals surface area contributed by atoms with Crippen LogP contribution in [0.2, 0.25) is 5.02 Å². The summed E-state index contributed by atoms with van der Waals surface area (Å²) in [7, 11) is 0. The maximum Gasteiger partial charge on any atom is 0.272 e. The van der Waals surface area contributed by atoms with E-state index < -0.39 is 11.4 Å². The molecule has 5 aromatic rings. The number of nitrogens with two attached hydrogens (primary N) is 1. The average Bonchev–Trinajstić information content (AvgIpc) is 3.18. The standard InChI is InChI=1S/C20H13ClFN5O/c1-8-5-11-14(10-6-13(22)15(21)19-12(10)7-25-27-19)16(23)20(28)26-18(11)9-3-2-4-24-17(8)9/h2-7H,23H2,1H3,(H,25,27)(H,26,28). The monoisotopic (exact) mass is 393 g/mol. The minimum atomic E-state index is -0.625. The lowest BCUT2D eigenvalue weighted by Gasteiger charge is -2.14. The number of H-pyrrole nitrogens is 2. The van der Waals surface area contributed by atoms with E-state index in [1.165, 1.54) is 12.3 Å². The Hall–Kier alpha value is -3.45. The van der Waals surface area contributed by atoms with Crippen LogP contribution in [-0.2, 0) is 0 Å². The molecule has 0 spiro atoms. The van der Waals surface area contributed by atoms with Gasteiger partial charge in [-0.25, -0.2) is 4.39 Å². The number of rotatable bonds is 1. The smallest absolute Gasteiger partial charge is 0.272 e. The van der Waals surface area contributed by atoms with Gasteiger partial charge in [0.25, 0.3) is 5.56 Å². The molecule has 138 valence electrons. The first kappa shape index (κ1) is 16.7. The van der Waals surface area contributed by atoms with Crippen molar-refractivity contribution < 1.29 is 4.39 Å². The molecule has 2 aromatic carbocycles. The second kappa shape index (κ2) is 5.77. The van der Waals surface area contributed by atoms with Crippen LogP contribution < -0.4 is 11.3 Å². The summed E-state index contributed by atoms with van der Waals surface area (Å²) in [5.41, 5.74) is 9.24. The third-order valence-electron chi connectivity index (χ3n) is 5.00. The van der Waals surface area contributed by atoms with E-state index in [-0.39, 0.29) is 10.7 Å². The fourth-order valence-corrected chi connectivity index (χ4v) is 3.94. The molecule has 5 rings (SSSR count). The number of aromatic nitrogens is 4. The largest absolute Gasteiger partial charge is 0.394 e. The molecule has 0 amide bonds. The summed E-state index contributed by atoms with van der Waals surface area (Å²) in [6.07, 6.45) is 3.24. The molecule has 0 unspecified atom stereocenters. The molecular weight excluding hydrogens is 381 g/mol. The van der Waals surface area contributed by atoms with E-state index in [0.29, 0.717) is 32.9 Å². The minimum absolute atomic E-state index is 0.000590. The van der Waals surface area contributed by atoms with E-state index >= 15 is 0 Å². The molecule has 3 aromatic heterocycles. The van der Waals surface area contributed by atoms with Crippen LogP contribution in [0.4, 0.5) is 10.1 Å². The highest BCUT2D eigenvalue weighted by Crippen LogP contribution is 2.40. The van der Waals surface area contributed by atoms with Crippen molar-refractivity contribution in [1.29, 1.82) is 0 Å². The van der Waals surface area contributed by atoms with Gasteiger partial charge < -0.3 is 10.7 Å². The third-order valence-corrected chi connectivity index (χ3v) is 5.37. The number of hydrogen-bond donors (Lipinski definition) is 3. The fraction of sp³-hybridized carbons (Fsp3) is 0.0500. The quantitative estimate of drug-likeness (QED) is 0.369.